The van der Waals surface area contributed by atoms with Gasteiger partial charge in [-0.2, -0.15) is 0 Å². The molecule has 0 saturated carbocycles. The molecule has 0 fully saturated rings. The first-order chi connectivity index (χ1) is 7.59. The van der Waals surface area contributed by atoms with Gasteiger partial charge < -0.3 is 10.1 Å². The smallest absolute Gasteiger partial charge is 0.169 e. The fraction of sp³-hybridized carbons (Fsp3) is 0.615. The van der Waals surface area contributed by atoms with Crippen molar-refractivity contribution in [2.75, 3.05) is 11.9 Å². The maximum atomic E-state index is 5.54. The van der Waals surface area contributed by atoms with Gasteiger partial charge >= 0.3 is 0 Å². The van der Waals surface area contributed by atoms with Gasteiger partial charge in [0.05, 0.1) is 6.61 Å². The van der Waals surface area contributed by atoms with Gasteiger partial charge in [-0.15, -0.1) is 0 Å². The highest BCUT2D eigenvalue weighted by molar-refractivity contribution is 5.51. The molecule has 0 unspecified atom stereocenters. The summed E-state index contributed by atoms with van der Waals surface area (Å²) in [6.45, 7) is 9.19. The number of nitrogens with zero attached hydrogens (tertiary/aromatic N) is 1. The number of nitrogens with one attached hydrogen (secondary N) is 1. The highest BCUT2D eigenvalue weighted by Gasteiger charge is 2.18. The van der Waals surface area contributed by atoms with E-state index in [4.69, 9.17) is 4.74 Å². The molecule has 3 nitrogen and oxygen atoms in total. The predicted octanol–water partition coefficient (Wildman–Crippen LogP) is 3.47. The maximum absolute atomic E-state index is 5.54. The molecule has 90 valence electrons. The summed E-state index contributed by atoms with van der Waals surface area (Å²) in [6, 6.07) is 3.84. The number of hydrogen-bond acceptors (Lipinski definition) is 3. The molecule has 0 amide bonds. The Morgan fingerprint density at radius 3 is 2.75 bits per heavy atom. The van der Waals surface area contributed by atoms with E-state index in [9.17, 15) is 0 Å². The minimum Gasteiger partial charge on any atom is -0.490 e. The first-order valence-electron chi connectivity index (χ1n) is 5.95. The van der Waals surface area contributed by atoms with Crippen molar-refractivity contribution in [1.82, 2.24) is 4.98 Å². The molecular weight excluding hydrogens is 200 g/mol. The first kappa shape index (κ1) is 12.8. The van der Waals surface area contributed by atoms with Gasteiger partial charge in [-0.1, -0.05) is 13.3 Å². The third-order valence-corrected chi connectivity index (χ3v) is 2.40. The van der Waals surface area contributed by atoms with Crippen molar-refractivity contribution >= 4 is 5.82 Å². The lowest BCUT2D eigenvalue weighted by atomic mass is 9.99. The Kier molecular flexibility index (Phi) is 4.59. The van der Waals surface area contributed by atoms with Crippen molar-refractivity contribution in [1.29, 1.82) is 0 Å². The molecular formula is C13H22N2O. The third kappa shape index (κ3) is 3.72. The minimum absolute atomic E-state index is 0.0506. The Hall–Kier alpha value is -1.25. The zero-order valence-corrected chi connectivity index (χ0v) is 10.7. The van der Waals surface area contributed by atoms with Crippen LogP contribution >= 0.6 is 0 Å². The largest absolute Gasteiger partial charge is 0.490 e. The monoisotopic (exact) mass is 222 g/mol. The standard InChI is InChI=1S/C13H22N2O/c1-5-9-13(3,4)15-12-11(16-6-2)8-7-10-14-12/h7-8,10H,5-6,9H2,1-4H3,(H,14,15). The average molecular weight is 222 g/mol. The molecule has 0 radical (unpaired) electrons. The van der Waals surface area contributed by atoms with Crippen LogP contribution in [0.1, 0.15) is 40.5 Å². The van der Waals surface area contributed by atoms with Crippen LogP contribution in [0.3, 0.4) is 0 Å². The molecule has 1 aromatic rings. The molecule has 1 N–H and O–H groups in total. The van der Waals surface area contributed by atoms with E-state index in [-0.39, 0.29) is 5.54 Å². The lowest BCUT2D eigenvalue weighted by Crippen LogP contribution is -2.31. The number of ether oxygens (including phenoxy) is 1. The molecule has 0 aliphatic heterocycles. The summed E-state index contributed by atoms with van der Waals surface area (Å²) in [5.41, 5.74) is 0.0506. The zero-order chi connectivity index (χ0) is 12.0. The normalized spacial score (nSPS) is 11.2. The Morgan fingerprint density at radius 2 is 2.12 bits per heavy atom. The van der Waals surface area contributed by atoms with Crippen LogP contribution in [0.4, 0.5) is 5.82 Å². The van der Waals surface area contributed by atoms with Gasteiger partial charge in [-0.25, -0.2) is 4.98 Å². The summed E-state index contributed by atoms with van der Waals surface area (Å²) in [5.74, 6) is 1.66. The molecule has 1 aromatic heterocycles. The van der Waals surface area contributed by atoms with Crippen LogP contribution in [-0.2, 0) is 0 Å². The summed E-state index contributed by atoms with van der Waals surface area (Å²) < 4.78 is 5.54. The van der Waals surface area contributed by atoms with Crippen LogP contribution in [0.15, 0.2) is 18.3 Å². The molecule has 0 aliphatic carbocycles. The van der Waals surface area contributed by atoms with Gasteiger partial charge in [0.25, 0.3) is 0 Å². The van der Waals surface area contributed by atoms with Gasteiger partial charge in [-0.3, -0.25) is 0 Å². The number of rotatable bonds is 6. The fourth-order valence-electron chi connectivity index (χ4n) is 1.76. The van der Waals surface area contributed by atoms with Gasteiger partial charge in [0.2, 0.25) is 0 Å². The number of hydrogen-bond donors (Lipinski definition) is 1. The molecule has 16 heavy (non-hydrogen) atoms. The van der Waals surface area contributed by atoms with Crippen molar-refractivity contribution in [2.45, 2.75) is 46.1 Å². The maximum Gasteiger partial charge on any atom is 0.169 e. The van der Waals surface area contributed by atoms with E-state index in [0.29, 0.717) is 6.61 Å². The molecule has 0 spiro atoms. The summed E-state index contributed by atoms with van der Waals surface area (Å²) in [4.78, 5) is 4.33. The zero-order valence-electron chi connectivity index (χ0n) is 10.7. The molecule has 0 aliphatic rings. The molecule has 1 rings (SSSR count). The second-order valence-corrected chi connectivity index (χ2v) is 4.54. The molecule has 0 aromatic carbocycles. The Labute approximate surface area is 98.2 Å². The van der Waals surface area contributed by atoms with Crippen LogP contribution < -0.4 is 10.1 Å². The highest BCUT2D eigenvalue weighted by Crippen LogP contribution is 2.26. The van der Waals surface area contributed by atoms with Crippen LogP contribution in [0.25, 0.3) is 0 Å². The van der Waals surface area contributed by atoms with Gasteiger partial charge in [0.1, 0.15) is 0 Å². The van der Waals surface area contributed by atoms with E-state index < -0.39 is 0 Å². The van der Waals surface area contributed by atoms with E-state index >= 15 is 0 Å². The van der Waals surface area contributed by atoms with Gasteiger partial charge in [0, 0.05) is 11.7 Å². The topological polar surface area (TPSA) is 34.2 Å². The van der Waals surface area contributed by atoms with Crippen molar-refractivity contribution in [3.63, 3.8) is 0 Å². The first-order valence-corrected chi connectivity index (χ1v) is 5.95. The Morgan fingerprint density at radius 1 is 1.38 bits per heavy atom. The lowest BCUT2D eigenvalue weighted by molar-refractivity contribution is 0.339. The van der Waals surface area contributed by atoms with Crippen molar-refractivity contribution in [3.05, 3.63) is 18.3 Å². The number of anilines is 1. The number of pyridine rings is 1. The van der Waals surface area contributed by atoms with E-state index in [1.807, 2.05) is 19.1 Å². The molecule has 0 atom stereocenters. The minimum atomic E-state index is 0.0506. The lowest BCUT2D eigenvalue weighted by Gasteiger charge is -2.27. The van der Waals surface area contributed by atoms with E-state index in [0.717, 1.165) is 24.4 Å². The summed E-state index contributed by atoms with van der Waals surface area (Å²) in [6.07, 6.45) is 4.04. The Balaban J connectivity index is 2.79. The SMILES string of the molecule is CCCC(C)(C)Nc1ncccc1OCC. The molecule has 0 saturated heterocycles. The highest BCUT2D eigenvalue weighted by atomic mass is 16.5. The van der Waals surface area contributed by atoms with E-state index in [2.05, 4.69) is 31.1 Å². The average Bonchev–Trinajstić information content (AvgIpc) is 2.20. The summed E-state index contributed by atoms with van der Waals surface area (Å²) >= 11 is 0. The molecule has 1 heterocycles. The van der Waals surface area contributed by atoms with Crippen molar-refractivity contribution in [2.24, 2.45) is 0 Å². The summed E-state index contributed by atoms with van der Waals surface area (Å²) in [7, 11) is 0. The number of aromatic nitrogens is 1. The quantitative estimate of drug-likeness (QED) is 0.800. The van der Waals surface area contributed by atoms with Crippen molar-refractivity contribution < 1.29 is 4.74 Å². The van der Waals surface area contributed by atoms with Crippen molar-refractivity contribution in [3.8, 4) is 5.75 Å². The van der Waals surface area contributed by atoms with E-state index in [1.165, 1.54) is 0 Å². The summed E-state index contributed by atoms with van der Waals surface area (Å²) in [5, 5.41) is 3.44. The predicted molar refractivity (Wildman–Crippen MR) is 68.0 cm³/mol. The second-order valence-electron chi connectivity index (χ2n) is 4.54. The second kappa shape index (κ2) is 5.73. The molecule has 3 heteroatoms. The Bertz CT molecular complexity index is 323. The van der Waals surface area contributed by atoms with Crippen LogP contribution in [0.5, 0.6) is 5.75 Å². The van der Waals surface area contributed by atoms with Gasteiger partial charge in [-0.05, 0) is 39.3 Å². The van der Waals surface area contributed by atoms with E-state index in [1.54, 1.807) is 6.20 Å². The van der Waals surface area contributed by atoms with Gasteiger partial charge in [0.15, 0.2) is 11.6 Å². The third-order valence-electron chi connectivity index (χ3n) is 2.40. The fourth-order valence-corrected chi connectivity index (χ4v) is 1.76. The molecule has 0 bridgehead atoms. The van der Waals surface area contributed by atoms with Crippen LogP contribution in [-0.4, -0.2) is 17.1 Å². The van der Waals surface area contributed by atoms with Crippen LogP contribution in [0, 0.1) is 0 Å². The van der Waals surface area contributed by atoms with Crippen LogP contribution in [0.2, 0.25) is 0 Å².